The van der Waals surface area contributed by atoms with E-state index in [0.717, 1.165) is 130 Å². The van der Waals surface area contributed by atoms with Crippen molar-refractivity contribution in [2.24, 2.45) is 71.0 Å². The minimum absolute atomic E-state index is 0.0242. The van der Waals surface area contributed by atoms with Gasteiger partial charge in [0, 0.05) is 40.6 Å². The first-order chi connectivity index (χ1) is 59.3. The summed E-state index contributed by atoms with van der Waals surface area (Å²) in [5.74, 6) is -2.35. The average molecular weight is 2100 g/mol. The van der Waals surface area contributed by atoms with Crippen molar-refractivity contribution in [2.75, 3.05) is 33.8 Å². The molecule has 0 bridgehead atoms. The van der Waals surface area contributed by atoms with Crippen LogP contribution in [0.4, 0.5) is 43.9 Å². The third kappa shape index (κ3) is 36.2. The molecule has 4 aromatic carbocycles. The summed E-state index contributed by atoms with van der Waals surface area (Å²) in [6.45, 7) is 11.4. The van der Waals surface area contributed by atoms with Crippen LogP contribution in [0.2, 0.25) is 0 Å². The molecule has 4 unspecified atom stereocenters. The van der Waals surface area contributed by atoms with Crippen LogP contribution >= 0.6 is 73.3 Å². The van der Waals surface area contributed by atoms with E-state index in [-0.39, 0.29) is 39.0 Å². The number of esters is 1. The number of halogens is 16. The molecule has 0 spiro atoms. The Labute approximate surface area is 775 Å². The molecule has 0 heterocycles. The van der Waals surface area contributed by atoms with Crippen LogP contribution in [0.1, 0.15) is 298 Å². The molecule has 0 aliphatic heterocycles. The van der Waals surface area contributed by atoms with Crippen molar-refractivity contribution in [3.63, 3.8) is 0 Å². The minimum atomic E-state index is -3.94. The fourth-order valence-corrected chi connectivity index (χ4v) is 19.2. The number of benzene rings is 4. The van der Waals surface area contributed by atoms with Crippen LogP contribution in [0.3, 0.4) is 0 Å². The fraction of sp³-hybridized carbons (Fsp3) is 0.628. The van der Waals surface area contributed by atoms with Gasteiger partial charge in [-0.25, -0.2) is 31.4 Å². The molecule has 0 radical (unpaired) electrons. The molecular weight excluding hydrogens is 1970 g/mol. The number of thiocarbonyl (C=S) groups is 1. The summed E-state index contributed by atoms with van der Waals surface area (Å²) < 4.78 is 182. The standard InChI is InChI=1S/C23H30F4O2.C23H30F2O3.C23H30F2O2S.C16H28.C8H6F2O3.CH2Cl2.Cl2OS.2ClH.Hg/c1-3-4-15-5-7-16(8-6-15)17-9-11-18(12-10-17)29-23(26,27)19-13-14-20(28-2)22(25)21(19)24;1-3-4-15-5-7-16(8-6-15)17-9-11-18(12-10-17)28-23(26)19-13-14-20(27-2)22(25)21(19)24;1-3-4-15-5-7-16(8-6-15)17-9-11-18(12-10-17)27-23(28)19-13-14-20(26-2)22(25)21(19)24;1-3-4-14-7-11-16(12-8-14)15-9-5-13(2)6-10-15;1-13-5-3-2-4(8(11)12)6(9)7(5)10;2-1-3;1-4(2)3;;;/h11,13-17H,3-10,12H2,1-2H3;2*11,13-17H,3-10,12H2,1-2H3;5,14-16H,3-4,6-12H2,1-2H3;2-3H,1H3,(H,11,12);1H2;;2*1H;/q;;;;;;;;;+2/p-2. The predicted molar refractivity (Wildman–Crippen MR) is 479 cm³/mol. The summed E-state index contributed by atoms with van der Waals surface area (Å²) in [6, 6.07) is 8.98. The normalized spacial score (nSPS) is 23.5. The van der Waals surface area contributed by atoms with Crippen LogP contribution in [0.15, 0.2) is 95.7 Å². The van der Waals surface area contributed by atoms with Crippen LogP contribution in [0, 0.1) is 118 Å². The van der Waals surface area contributed by atoms with Crippen molar-refractivity contribution >= 4 is 99.5 Å². The molecule has 4 fully saturated rings. The first kappa shape index (κ1) is 110. The van der Waals surface area contributed by atoms with E-state index < -0.39 is 118 Å². The van der Waals surface area contributed by atoms with E-state index in [9.17, 15) is 53.5 Å². The maximum absolute atomic E-state index is 14.5. The zero-order valence-electron chi connectivity index (χ0n) is 73.1. The van der Waals surface area contributed by atoms with Gasteiger partial charge in [0.2, 0.25) is 37.5 Å². The van der Waals surface area contributed by atoms with E-state index in [1.54, 1.807) is 11.6 Å². The van der Waals surface area contributed by atoms with E-state index >= 15 is 0 Å². The summed E-state index contributed by atoms with van der Waals surface area (Å²) in [5.41, 5.74) is -0.636. The third-order valence-electron chi connectivity index (χ3n) is 25.7. The average Bonchev–Trinajstić information content (AvgIpc) is 0.773. The van der Waals surface area contributed by atoms with E-state index in [0.29, 0.717) is 48.7 Å². The SMILES string of the molecule is CCCC1CCC(C2CC=C(C)CC2)CC1.CCCC1CCC(C2CC=C(OC(=O)c3ccc(OC)c(F)c3F)CC2)CC1.CCCC1CCC(C2CC=C(OC(=S)c3ccc(OC)c(F)c3F)CC2)CC1.CCCC1CCC(C2CC=C(OC(F)(F)c3ccc(OC)c(F)c3F)CC2)CC1.COc1ccc(C(=O)O)c(F)c1F.ClCCl.O=S(Cl)Cl.[Cl][Hg][Cl]. The second kappa shape index (κ2) is 59.2. The summed E-state index contributed by atoms with van der Waals surface area (Å²) in [6.07, 6.45) is 48.3. The number of carboxylic acids is 1. The monoisotopic (exact) mass is 2100 g/mol. The number of aromatic carboxylic acids is 1. The molecule has 12 rings (SSSR count). The predicted octanol–water partition coefficient (Wildman–Crippen LogP) is 31.6. The van der Waals surface area contributed by atoms with Crippen LogP contribution in [0.25, 0.3) is 0 Å². The van der Waals surface area contributed by atoms with E-state index in [1.807, 2.05) is 6.08 Å². The van der Waals surface area contributed by atoms with Gasteiger partial charge in [0.05, 0.1) is 56.2 Å². The summed E-state index contributed by atoms with van der Waals surface area (Å²) >= 11 is 13.6. The van der Waals surface area contributed by atoms with Crippen LogP contribution < -0.4 is 18.9 Å². The first-order valence-electron chi connectivity index (χ1n) is 43.9. The fourth-order valence-electron chi connectivity index (χ4n) is 18.9. The van der Waals surface area contributed by atoms with Gasteiger partial charge in [-0.05, 0) is 266 Å². The molecule has 694 valence electrons. The molecule has 0 aromatic heterocycles. The van der Waals surface area contributed by atoms with Crippen molar-refractivity contribution < 1.29 is 118 Å². The van der Waals surface area contributed by atoms with Gasteiger partial charge in [-0.1, -0.05) is 142 Å². The number of carboxylic acid groups (broad SMARTS) is 1. The molecule has 4 saturated carbocycles. The van der Waals surface area contributed by atoms with Crippen LogP contribution in [0.5, 0.6) is 23.0 Å². The van der Waals surface area contributed by atoms with Crippen LogP contribution in [-0.2, 0) is 51.7 Å². The van der Waals surface area contributed by atoms with Gasteiger partial charge >= 0.3 is 56.7 Å². The summed E-state index contributed by atoms with van der Waals surface area (Å²) in [4.78, 5) is 22.6. The number of hydrogen-bond acceptors (Lipinski definition) is 11. The second-order valence-corrected chi connectivity index (χ2v) is 44.9. The van der Waals surface area contributed by atoms with Gasteiger partial charge in [-0.15, -0.1) is 23.2 Å². The Balaban J connectivity index is 0.000000274. The molecule has 8 aliphatic rings. The summed E-state index contributed by atoms with van der Waals surface area (Å²) in [5, 5.41) is 8.58. The molecule has 0 saturated heterocycles. The quantitative estimate of drug-likeness (QED) is 0.0136. The van der Waals surface area contributed by atoms with E-state index in [2.05, 4.69) is 77.6 Å². The van der Waals surface area contributed by atoms with Gasteiger partial charge < -0.3 is 38.3 Å². The molecule has 4 atom stereocenters. The van der Waals surface area contributed by atoms with Gasteiger partial charge in [0.1, 0.15) is 17.1 Å². The number of methoxy groups -OCH3 is 4. The van der Waals surface area contributed by atoms with Crippen molar-refractivity contribution in [1.82, 2.24) is 0 Å². The van der Waals surface area contributed by atoms with Gasteiger partial charge in [-0.3, -0.25) is 0 Å². The van der Waals surface area contributed by atoms with Crippen LogP contribution in [-0.4, -0.2) is 60.1 Å². The molecule has 4 aromatic rings. The van der Waals surface area contributed by atoms with Crippen molar-refractivity contribution in [3.8, 4) is 23.0 Å². The zero-order valence-corrected chi connectivity index (χ0v) is 84.8. The molecule has 1 N–H and O–H groups in total. The number of carbonyl (C=O) groups excluding carboxylic acids is 1. The number of allylic oxidation sites excluding steroid dienone is 8. The number of rotatable bonds is 24. The Morgan fingerprint density at radius 3 is 1.02 bits per heavy atom. The first-order valence-corrected chi connectivity index (χ1v) is 61.7. The van der Waals surface area contributed by atoms with Crippen molar-refractivity contribution in [3.05, 3.63) is 164 Å². The van der Waals surface area contributed by atoms with Gasteiger partial charge in [-0.2, -0.15) is 26.3 Å². The number of ether oxygens (including phenoxy) is 7. The Morgan fingerprint density at radius 1 is 0.427 bits per heavy atom. The second-order valence-electron chi connectivity index (χ2n) is 33.3. The number of hydrogen-bond donors (Lipinski definition) is 1. The van der Waals surface area contributed by atoms with Gasteiger partial charge in [0.25, 0.3) is 0 Å². The molecule has 0 amide bonds. The van der Waals surface area contributed by atoms with Crippen molar-refractivity contribution in [2.45, 2.75) is 272 Å². The molecule has 30 heteroatoms. The number of carbonyl (C=O) groups is 2. The third-order valence-corrected chi connectivity index (χ3v) is 26.0. The van der Waals surface area contributed by atoms with Gasteiger partial charge in [0.15, 0.2) is 46.3 Å². The Hall–Kier alpha value is -4.20. The van der Waals surface area contributed by atoms with E-state index in [1.165, 1.54) is 212 Å². The Kier molecular flexibility index (Phi) is 52.7. The Bertz CT molecular complexity index is 3930. The van der Waals surface area contributed by atoms with Crippen molar-refractivity contribution in [1.29, 1.82) is 0 Å². The zero-order chi connectivity index (χ0) is 91.6. The summed E-state index contributed by atoms with van der Waals surface area (Å²) in [7, 11) is 22.2. The molecule has 124 heavy (non-hydrogen) atoms. The maximum atomic E-state index is 14.5. The molecule has 11 nitrogen and oxygen atoms in total. The number of alkyl halides is 4. The topological polar surface area (TPSA) is 136 Å². The molecular formula is C94H126Cl6F10HgO11S2. The Morgan fingerprint density at radius 2 is 0.710 bits per heavy atom. The molecule has 8 aliphatic carbocycles. The van der Waals surface area contributed by atoms with E-state index in [4.69, 9.17) is 84.9 Å².